The normalized spacial score (nSPS) is 10.0. The predicted octanol–water partition coefficient (Wildman–Crippen LogP) is 2.03. The first-order valence-electron chi connectivity index (χ1n) is 5.24. The van der Waals surface area contributed by atoms with E-state index in [1.165, 1.54) is 19.2 Å². The molecule has 5 heteroatoms. The summed E-state index contributed by atoms with van der Waals surface area (Å²) in [5.74, 6) is -0.313. The zero-order chi connectivity index (χ0) is 12.7. The smallest absolute Gasteiger partial charge is 0.167 e. The summed E-state index contributed by atoms with van der Waals surface area (Å²) in [7, 11) is 1.41. The van der Waals surface area contributed by atoms with E-state index in [2.05, 4.69) is 11.9 Å². The number of nitrogens with two attached hydrogens (primary N) is 1. The SMILES string of the molecule is C=CCOCCNc1cc(OC)c(F)cc1N. The van der Waals surface area contributed by atoms with Crippen LogP contribution in [0.3, 0.4) is 0 Å². The van der Waals surface area contributed by atoms with Crippen molar-refractivity contribution in [2.45, 2.75) is 0 Å². The molecule has 0 amide bonds. The largest absolute Gasteiger partial charge is 0.494 e. The van der Waals surface area contributed by atoms with Crippen molar-refractivity contribution in [3.8, 4) is 5.75 Å². The van der Waals surface area contributed by atoms with Crippen molar-refractivity contribution < 1.29 is 13.9 Å². The third-order valence-electron chi connectivity index (χ3n) is 2.12. The predicted molar refractivity (Wildman–Crippen MR) is 66.9 cm³/mol. The van der Waals surface area contributed by atoms with Crippen LogP contribution in [0, 0.1) is 5.82 Å². The summed E-state index contributed by atoms with van der Waals surface area (Å²) in [5.41, 5.74) is 6.64. The molecule has 0 heterocycles. The molecule has 0 aromatic heterocycles. The van der Waals surface area contributed by atoms with Crippen LogP contribution in [0.4, 0.5) is 15.8 Å². The summed E-state index contributed by atoms with van der Waals surface area (Å²) in [6.07, 6.45) is 1.68. The molecule has 0 radical (unpaired) electrons. The van der Waals surface area contributed by atoms with Crippen molar-refractivity contribution in [2.75, 3.05) is 37.9 Å². The average molecular weight is 240 g/mol. The fourth-order valence-electron chi connectivity index (χ4n) is 1.30. The molecule has 1 aromatic rings. The number of nitrogen functional groups attached to an aromatic ring is 1. The van der Waals surface area contributed by atoms with Crippen molar-refractivity contribution >= 4 is 11.4 Å². The summed E-state index contributed by atoms with van der Waals surface area (Å²) in [6.45, 7) is 5.14. The Morgan fingerprint density at radius 3 is 2.94 bits per heavy atom. The minimum absolute atomic E-state index is 0.161. The standard InChI is InChI=1S/C12H17FN2O2/c1-3-5-17-6-4-15-11-8-12(16-2)9(13)7-10(11)14/h3,7-8,15H,1,4-6,14H2,2H3. The molecule has 1 rings (SSSR count). The number of benzene rings is 1. The Balaban J connectivity index is 2.55. The maximum atomic E-state index is 13.3. The van der Waals surface area contributed by atoms with Gasteiger partial charge in [-0.3, -0.25) is 0 Å². The molecule has 0 saturated heterocycles. The maximum Gasteiger partial charge on any atom is 0.167 e. The molecule has 0 atom stereocenters. The number of hydrogen-bond acceptors (Lipinski definition) is 4. The van der Waals surface area contributed by atoms with Crippen LogP contribution in [-0.2, 0) is 4.74 Å². The Morgan fingerprint density at radius 1 is 1.53 bits per heavy atom. The Hall–Kier alpha value is -1.75. The van der Waals surface area contributed by atoms with E-state index in [0.29, 0.717) is 31.1 Å². The molecule has 1 aromatic carbocycles. The molecule has 0 aliphatic heterocycles. The molecule has 3 N–H and O–H groups in total. The van der Waals surface area contributed by atoms with Crippen molar-refractivity contribution in [3.05, 3.63) is 30.6 Å². The van der Waals surface area contributed by atoms with Crippen molar-refractivity contribution in [2.24, 2.45) is 0 Å². The zero-order valence-corrected chi connectivity index (χ0v) is 9.83. The van der Waals surface area contributed by atoms with Gasteiger partial charge in [-0.15, -0.1) is 6.58 Å². The Bertz CT molecular complexity index is 383. The second-order valence-electron chi connectivity index (χ2n) is 3.36. The molecule has 0 aliphatic carbocycles. The highest BCUT2D eigenvalue weighted by Crippen LogP contribution is 2.27. The summed E-state index contributed by atoms with van der Waals surface area (Å²) in [4.78, 5) is 0. The van der Waals surface area contributed by atoms with Gasteiger partial charge in [-0.2, -0.15) is 0 Å². The van der Waals surface area contributed by atoms with Crippen molar-refractivity contribution in [1.82, 2.24) is 0 Å². The van der Waals surface area contributed by atoms with E-state index in [-0.39, 0.29) is 5.75 Å². The summed E-state index contributed by atoms with van der Waals surface area (Å²) in [5, 5.41) is 3.04. The second kappa shape index (κ2) is 6.75. The quantitative estimate of drug-likeness (QED) is 0.435. The van der Waals surface area contributed by atoms with Gasteiger partial charge in [0.15, 0.2) is 11.6 Å². The van der Waals surface area contributed by atoms with E-state index in [9.17, 15) is 4.39 Å². The molecular formula is C12H17FN2O2. The average Bonchev–Trinajstić information content (AvgIpc) is 2.31. The minimum Gasteiger partial charge on any atom is -0.494 e. The Labute approximate surface area is 100 Å². The van der Waals surface area contributed by atoms with Gasteiger partial charge in [-0.05, 0) is 0 Å². The van der Waals surface area contributed by atoms with Crippen LogP contribution in [0.1, 0.15) is 0 Å². The molecule has 0 aliphatic rings. The number of hydrogen-bond donors (Lipinski definition) is 2. The lowest BCUT2D eigenvalue weighted by molar-refractivity contribution is 0.173. The molecule has 0 saturated carbocycles. The highest BCUT2D eigenvalue weighted by atomic mass is 19.1. The summed E-state index contributed by atoms with van der Waals surface area (Å²) >= 11 is 0. The monoisotopic (exact) mass is 240 g/mol. The maximum absolute atomic E-state index is 13.3. The van der Waals surface area contributed by atoms with Crippen LogP contribution in [0.25, 0.3) is 0 Å². The van der Waals surface area contributed by atoms with Gasteiger partial charge in [-0.1, -0.05) is 6.08 Å². The lowest BCUT2D eigenvalue weighted by atomic mass is 10.2. The van der Waals surface area contributed by atoms with Crippen LogP contribution >= 0.6 is 0 Å². The molecule has 0 bridgehead atoms. The first kappa shape index (κ1) is 13.3. The third-order valence-corrected chi connectivity index (χ3v) is 2.12. The molecule has 17 heavy (non-hydrogen) atoms. The van der Waals surface area contributed by atoms with Gasteiger partial charge in [0.2, 0.25) is 0 Å². The van der Waals surface area contributed by atoms with Gasteiger partial charge in [0.05, 0.1) is 31.7 Å². The zero-order valence-electron chi connectivity index (χ0n) is 9.83. The van der Waals surface area contributed by atoms with Gasteiger partial charge in [-0.25, -0.2) is 4.39 Å². The highest BCUT2D eigenvalue weighted by molar-refractivity contribution is 5.68. The van der Waals surface area contributed by atoms with Crippen molar-refractivity contribution in [1.29, 1.82) is 0 Å². The Morgan fingerprint density at radius 2 is 2.29 bits per heavy atom. The fourth-order valence-corrected chi connectivity index (χ4v) is 1.30. The van der Waals surface area contributed by atoms with Gasteiger partial charge in [0.25, 0.3) is 0 Å². The lowest BCUT2D eigenvalue weighted by Crippen LogP contribution is -2.11. The molecule has 0 unspecified atom stereocenters. The summed E-state index contributed by atoms with van der Waals surface area (Å²) in [6, 6.07) is 2.75. The summed E-state index contributed by atoms with van der Waals surface area (Å²) < 4.78 is 23.3. The van der Waals surface area contributed by atoms with Crippen LogP contribution in [0.15, 0.2) is 24.8 Å². The van der Waals surface area contributed by atoms with E-state index in [4.69, 9.17) is 15.2 Å². The number of rotatable bonds is 7. The fraction of sp³-hybridized carbons (Fsp3) is 0.333. The lowest BCUT2D eigenvalue weighted by Gasteiger charge is -2.11. The number of nitrogens with one attached hydrogen (secondary N) is 1. The van der Waals surface area contributed by atoms with E-state index < -0.39 is 5.82 Å². The number of anilines is 2. The Kier molecular flexibility index (Phi) is 5.29. The molecule has 0 fully saturated rings. The second-order valence-corrected chi connectivity index (χ2v) is 3.36. The van der Waals surface area contributed by atoms with Crippen LogP contribution in [0.5, 0.6) is 5.75 Å². The minimum atomic E-state index is -0.474. The number of halogens is 1. The van der Waals surface area contributed by atoms with Crippen LogP contribution in [-0.4, -0.2) is 26.9 Å². The van der Waals surface area contributed by atoms with Crippen molar-refractivity contribution in [3.63, 3.8) is 0 Å². The van der Waals surface area contributed by atoms with Crippen LogP contribution in [0.2, 0.25) is 0 Å². The first-order chi connectivity index (χ1) is 8.19. The van der Waals surface area contributed by atoms with E-state index >= 15 is 0 Å². The van der Waals surface area contributed by atoms with Gasteiger partial charge in [0, 0.05) is 18.7 Å². The van der Waals surface area contributed by atoms with Gasteiger partial charge >= 0.3 is 0 Å². The molecule has 94 valence electrons. The first-order valence-corrected chi connectivity index (χ1v) is 5.24. The molecule has 4 nitrogen and oxygen atoms in total. The highest BCUT2D eigenvalue weighted by Gasteiger charge is 2.07. The number of methoxy groups -OCH3 is 1. The van der Waals surface area contributed by atoms with E-state index in [0.717, 1.165) is 0 Å². The molecule has 0 spiro atoms. The molecular weight excluding hydrogens is 223 g/mol. The topological polar surface area (TPSA) is 56.5 Å². The van der Waals surface area contributed by atoms with Crippen LogP contribution < -0.4 is 15.8 Å². The number of ether oxygens (including phenoxy) is 2. The van der Waals surface area contributed by atoms with Gasteiger partial charge < -0.3 is 20.5 Å². The van der Waals surface area contributed by atoms with E-state index in [1.54, 1.807) is 6.08 Å². The van der Waals surface area contributed by atoms with E-state index in [1.807, 2.05) is 0 Å². The third kappa shape index (κ3) is 3.96. The van der Waals surface area contributed by atoms with Gasteiger partial charge in [0.1, 0.15) is 0 Å².